The van der Waals surface area contributed by atoms with Gasteiger partial charge in [0.1, 0.15) is 0 Å². The largest absolute Gasteiger partial charge is 0.264 e. The van der Waals surface area contributed by atoms with E-state index in [4.69, 9.17) is 0 Å². The number of benzene rings is 7. The zero-order chi connectivity index (χ0) is 32.7. The Balaban J connectivity index is 1.15. The van der Waals surface area contributed by atoms with Gasteiger partial charge in [-0.3, -0.25) is 9.97 Å². The molecule has 0 saturated carbocycles. The lowest BCUT2D eigenvalue weighted by Crippen LogP contribution is -1.92. The van der Waals surface area contributed by atoms with Crippen LogP contribution >= 0.6 is 0 Å². The number of hydrogen-bond donors (Lipinski definition) is 0. The highest BCUT2D eigenvalue weighted by Gasteiger charge is 2.14. The summed E-state index contributed by atoms with van der Waals surface area (Å²) >= 11 is 0. The Kier molecular flexibility index (Phi) is 7.06. The first-order valence-corrected chi connectivity index (χ1v) is 16.7. The molecule has 0 radical (unpaired) electrons. The molecule has 0 saturated heterocycles. The van der Waals surface area contributed by atoms with Gasteiger partial charge in [0.25, 0.3) is 0 Å². The van der Waals surface area contributed by atoms with E-state index < -0.39 is 0 Å². The molecular weight excluding hydrogens is 593 g/mol. The van der Waals surface area contributed by atoms with Crippen molar-refractivity contribution in [2.24, 2.45) is 0 Å². The predicted molar refractivity (Wildman–Crippen MR) is 206 cm³/mol. The minimum absolute atomic E-state index is 1.10. The Bertz CT molecular complexity index is 2560. The van der Waals surface area contributed by atoms with Crippen LogP contribution in [-0.2, 0) is 0 Å². The van der Waals surface area contributed by atoms with Crippen molar-refractivity contribution < 1.29 is 0 Å². The molecule has 2 nitrogen and oxygen atoms in total. The van der Waals surface area contributed by atoms with Gasteiger partial charge < -0.3 is 0 Å². The van der Waals surface area contributed by atoms with Crippen molar-refractivity contribution >= 4 is 32.3 Å². The SMILES string of the molecule is Cc1c(-c2cccnc2)cc(-c2cccc(-c3cccc(-c4ccc5c6ccccc6c6ccccc6c5c4)c3)c2)cc1-c1cccnc1. The van der Waals surface area contributed by atoms with Crippen LogP contribution in [0, 0.1) is 6.92 Å². The second-order valence-corrected chi connectivity index (χ2v) is 12.7. The van der Waals surface area contributed by atoms with E-state index in [-0.39, 0.29) is 0 Å². The Morgan fingerprint density at radius 2 is 0.714 bits per heavy atom. The normalized spacial score (nSPS) is 11.4. The minimum atomic E-state index is 1.10. The van der Waals surface area contributed by atoms with Crippen molar-refractivity contribution in [3.05, 3.63) is 182 Å². The first-order valence-electron chi connectivity index (χ1n) is 16.7. The number of rotatable bonds is 5. The summed E-state index contributed by atoms with van der Waals surface area (Å²) in [5.74, 6) is 0. The molecule has 0 N–H and O–H groups in total. The van der Waals surface area contributed by atoms with Crippen molar-refractivity contribution in [1.29, 1.82) is 0 Å². The number of aromatic nitrogens is 2. The van der Waals surface area contributed by atoms with E-state index in [1.54, 1.807) is 0 Å². The first kappa shape index (κ1) is 28.8. The predicted octanol–water partition coefficient (Wildman–Crippen LogP) is 12.6. The van der Waals surface area contributed by atoms with Crippen molar-refractivity contribution in [2.45, 2.75) is 6.92 Å². The summed E-state index contributed by atoms with van der Waals surface area (Å²) in [6.07, 6.45) is 7.53. The number of hydrogen-bond acceptors (Lipinski definition) is 2. The third kappa shape index (κ3) is 5.15. The highest BCUT2D eigenvalue weighted by Crippen LogP contribution is 2.39. The van der Waals surface area contributed by atoms with Crippen LogP contribution in [0.1, 0.15) is 5.56 Å². The number of fused-ring (bicyclic) bond motifs is 6. The smallest absolute Gasteiger partial charge is 0.0346 e. The highest BCUT2D eigenvalue weighted by molar-refractivity contribution is 6.25. The molecule has 0 unspecified atom stereocenters. The Hall–Kier alpha value is -6.38. The molecule has 0 fully saturated rings. The minimum Gasteiger partial charge on any atom is -0.264 e. The van der Waals surface area contributed by atoms with Gasteiger partial charge in [0, 0.05) is 35.9 Å². The van der Waals surface area contributed by atoms with Gasteiger partial charge in [0.2, 0.25) is 0 Å². The maximum atomic E-state index is 4.43. The molecule has 0 aliphatic carbocycles. The van der Waals surface area contributed by atoms with Crippen LogP contribution < -0.4 is 0 Å². The second-order valence-electron chi connectivity index (χ2n) is 12.7. The Morgan fingerprint density at radius 3 is 1.18 bits per heavy atom. The van der Waals surface area contributed by atoms with Crippen LogP contribution in [0.15, 0.2) is 176 Å². The maximum Gasteiger partial charge on any atom is 0.0346 e. The first-order chi connectivity index (χ1) is 24.2. The lowest BCUT2D eigenvalue weighted by molar-refractivity contribution is 1.31. The molecule has 0 amide bonds. The van der Waals surface area contributed by atoms with Crippen LogP contribution in [-0.4, -0.2) is 9.97 Å². The van der Waals surface area contributed by atoms with Crippen LogP contribution in [0.2, 0.25) is 0 Å². The fourth-order valence-corrected chi connectivity index (χ4v) is 7.37. The molecule has 0 spiro atoms. The number of nitrogens with zero attached hydrogens (tertiary/aromatic N) is 2. The van der Waals surface area contributed by atoms with E-state index in [0.717, 1.165) is 16.7 Å². The molecule has 2 aromatic heterocycles. The average molecular weight is 625 g/mol. The number of pyridine rings is 2. The molecule has 9 rings (SSSR count). The molecule has 0 aliphatic heterocycles. The molecule has 0 bridgehead atoms. The fraction of sp³-hybridized carbons (Fsp3) is 0.0213. The van der Waals surface area contributed by atoms with E-state index in [9.17, 15) is 0 Å². The molecule has 0 aliphatic rings. The summed E-state index contributed by atoms with van der Waals surface area (Å²) in [5.41, 5.74) is 12.9. The van der Waals surface area contributed by atoms with Crippen LogP contribution in [0.5, 0.6) is 0 Å². The summed E-state index contributed by atoms with van der Waals surface area (Å²) in [4.78, 5) is 8.85. The summed E-state index contributed by atoms with van der Waals surface area (Å²) in [6, 6.07) is 55.1. The molecule has 230 valence electrons. The van der Waals surface area contributed by atoms with Crippen molar-refractivity contribution in [3.63, 3.8) is 0 Å². The van der Waals surface area contributed by atoms with E-state index >= 15 is 0 Å². The van der Waals surface area contributed by atoms with Crippen molar-refractivity contribution in [1.82, 2.24) is 9.97 Å². The molecule has 0 atom stereocenters. The third-order valence-corrected chi connectivity index (χ3v) is 9.82. The second kappa shape index (κ2) is 12.0. The third-order valence-electron chi connectivity index (χ3n) is 9.82. The average Bonchev–Trinajstić information content (AvgIpc) is 3.19. The molecule has 9 aromatic rings. The van der Waals surface area contributed by atoms with Gasteiger partial charge in [-0.15, -0.1) is 0 Å². The molecule has 49 heavy (non-hydrogen) atoms. The van der Waals surface area contributed by atoms with E-state index in [1.165, 1.54) is 76.8 Å². The lowest BCUT2D eigenvalue weighted by atomic mass is 9.88. The van der Waals surface area contributed by atoms with Gasteiger partial charge in [-0.05, 0) is 132 Å². The zero-order valence-electron chi connectivity index (χ0n) is 27.1. The lowest BCUT2D eigenvalue weighted by Gasteiger charge is -2.16. The monoisotopic (exact) mass is 624 g/mol. The fourth-order valence-electron chi connectivity index (χ4n) is 7.37. The zero-order valence-corrected chi connectivity index (χ0v) is 27.1. The summed E-state index contributed by atoms with van der Waals surface area (Å²) in [7, 11) is 0. The molecular formula is C47H32N2. The topological polar surface area (TPSA) is 25.8 Å². The Labute approximate surface area is 286 Å². The van der Waals surface area contributed by atoms with Gasteiger partial charge in [-0.1, -0.05) is 109 Å². The van der Waals surface area contributed by atoms with E-state index in [2.05, 4.69) is 156 Å². The molecule has 7 aromatic carbocycles. The van der Waals surface area contributed by atoms with Crippen LogP contribution in [0.3, 0.4) is 0 Å². The van der Waals surface area contributed by atoms with Crippen LogP contribution in [0.4, 0.5) is 0 Å². The molecule has 2 heteroatoms. The quantitative estimate of drug-likeness (QED) is 0.178. The van der Waals surface area contributed by atoms with Gasteiger partial charge in [-0.25, -0.2) is 0 Å². The maximum absolute atomic E-state index is 4.43. The van der Waals surface area contributed by atoms with Crippen molar-refractivity contribution in [2.75, 3.05) is 0 Å². The molecule has 2 heterocycles. The summed E-state index contributed by atoms with van der Waals surface area (Å²) in [5, 5.41) is 7.75. The summed E-state index contributed by atoms with van der Waals surface area (Å²) < 4.78 is 0. The van der Waals surface area contributed by atoms with Gasteiger partial charge in [-0.2, -0.15) is 0 Å². The Morgan fingerprint density at radius 1 is 0.306 bits per heavy atom. The summed E-state index contributed by atoms with van der Waals surface area (Å²) in [6.45, 7) is 2.19. The van der Waals surface area contributed by atoms with Crippen molar-refractivity contribution in [3.8, 4) is 55.6 Å². The van der Waals surface area contributed by atoms with Gasteiger partial charge in [0.05, 0.1) is 0 Å². The van der Waals surface area contributed by atoms with Gasteiger partial charge >= 0.3 is 0 Å². The standard InChI is InChI=1S/C47H32N2/c1-31-45(37-14-8-22-48-29-37)27-39(28-46(31)38-15-9-23-49-30-38)35-13-7-11-33(25-35)32-10-6-12-34(24-32)36-20-21-44-42-18-3-2-16-40(42)41-17-4-5-19-43(41)47(44)26-36/h2-30H,1H3. The van der Waals surface area contributed by atoms with E-state index in [1.807, 2.05) is 36.9 Å². The van der Waals surface area contributed by atoms with E-state index in [0.29, 0.717) is 0 Å². The highest BCUT2D eigenvalue weighted by atomic mass is 14.6. The van der Waals surface area contributed by atoms with Crippen LogP contribution in [0.25, 0.3) is 88.0 Å². The van der Waals surface area contributed by atoms with Gasteiger partial charge in [0.15, 0.2) is 0 Å².